The standard InChI is InChI=1S/C18H30N2/c1-16-6-5-7-17(14-16)8-9-19-10-12-20(13-11-19)15-18(2,3)4/h5-7,14H,8-13,15H2,1-4H3. The van der Waals surface area contributed by atoms with E-state index in [9.17, 15) is 0 Å². The number of rotatable bonds is 4. The molecule has 1 aromatic rings. The van der Waals surface area contributed by atoms with E-state index in [2.05, 4.69) is 61.8 Å². The van der Waals surface area contributed by atoms with Crippen molar-refractivity contribution in [1.29, 1.82) is 0 Å². The summed E-state index contributed by atoms with van der Waals surface area (Å²) in [4.78, 5) is 5.23. The van der Waals surface area contributed by atoms with E-state index in [4.69, 9.17) is 0 Å². The lowest BCUT2D eigenvalue weighted by molar-refractivity contribution is 0.103. The van der Waals surface area contributed by atoms with Crippen LogP contribution in [0.25, 0.3) is 0 Å². The molecule has 0 atom stereocenters. The second-order valence-corrected chi connectivity index (χ2v) is 7.42. The molecule has 1 aliphatic rings. The predicted molar refractivity (Wildman–Crippen MR) is 87.2 cm³/mol. The maximum Gasteiger partial charge on any atom is 0.0110 e. The highest BCUT2D eigenvalue weighted by Gasteiger charge is 2.21. The van der Waals surface area contributed by atoms with Gasteiger partial charge in [-0.15, -0.1) is 0 Å². The quantitative estimate of drug-likeness (QED) is 0.832. The molecule has 0 unspecified atom stereocenters. The minimum absolute atomic E-state index is 0.420. The summed E-state index contributed by atoms with van der Waals surface area (Å²) in [5, 5.41) is 0. The lowest BCUT2D eigenvalue weighted by atomic mass is 9.96. The Labute approximate surface area is 124 Å². The van der Waals surface area contributed by atoms with Gasteiger partial charge < -0.3 is 9.80 Å². The molecule has 1 fully saturated rings. The largest absolute Gasteiger partial charge is 0.300 e. The smallest absolute Gasteiger partial charge is 0.0110 e. The minimum Gasteiger partial charge on any atom is -0.300 e. The molecular weight excluding hydrogens is 244 g/mol. The van der Waals surface area contributed by atoms with Crippen LogP contribution in [0.5, 0.6) is 0 Å². The van der Waals surface area contributed by atoms with Crippen molar-refractivity contribution < 1.29 is 0 Å². The highest BCUT2D eigenvalue weighted by atomic mass is 15.3. The molecule has 0 saturated carbocycles. The van der Waals surface area contributed by atoms with Crippen LogP contribution in [0.2, 0.25) is 0 Å². The predicted octanol–water partition coefficient (Wildman–Crippen LogP) is 3.20. The fourth-order valence-corrected chi connectivity index (χ4v) is 3.00. The Kier molecular flexibility index (Phi) is 5.22. The van der Waals surface area contributed by atoms with Crippen molar-refractivity contribution in [1.82, 2.24) is 9.80 Å². The molecule has 1 aromatic carbocycles. The Morgan fingerprint density at radius 3 is 2.25 bits per heavy atom. The van der Waals surface area contributed by atoms with Gasteiger partial charge in [-0.25, -0.2) is 0 Å². The molecule has 2 heteroatoms. The van der Waals surface area contributed by atoms with Gasteiger partial charge in [0, 0.05) is 39.3 Å². The summed E-state index contributed by atoms with van der Waals surface area (Å²) < 4.78 is 0. The fourth-order valence-electron chi connectivity index (χ4n) is 3.00. The summed E-state index contributed by atoms with van der Waals surface area (Å²) in [7, 11) is 0. The van der Waals surface area contributed by atoms with Crippen LogP contribution in [0.4, 0.5) is 0 Å². The van der Waals surface area contributed by atoms with Gasteiger partial charge in [-0.2, -0.15) is 0 Å². The molecule has 2 rings (SSSR count). The highest BCUT2D eigenvalue weighted by Crippen LogP contribution is 2.16. The van der Waals surface area contributed by atoms with Gasteiger partial charge in [-0.3, -0.25) is 0 Å². The van der Waals surface area contributed by atoms with E-state index in [0.29, 0.717) is 5.41 Å². The van der Waals surface area contributed by atoms with E-state index in [1.54, 1.807) is 0 Å². The normalized spacial score (nSPS) is 18.4. The average molecular weight is 274 g/mol. The molecule has 20 heavy (non-hydrogen) atoms. The highest BCUT2D eigenvalue weighted by molar-refractivity contribution is 5.22. The lowest BCUT2D eigenvalue weighted by Gasteiger charge is -2.37. The number of nitrogens with zero attached hydrogens (tertiary/aromatic N) is 2. The number of aryl methyl sites for hydroxylation is 1. The molecule has 0 aliphatic carbocycles. The second kappa shape index (κ2) is 6.73. The van der Waals surface area contributed by atoms with Crippen LogP contribution in [0.15, 0.2) is 24.3 Å². The SMILES string of the molecule is Cc1cccc(CCN2CCN(CC(C)(C)C)CC2)c1. The summed E-state index contributed by atoms with van der Waals surface area (Å²) in [6.45, 7) is 16.5. The van der Waals surface area contributed by atoms with Crippen LogP contribution in [0.1, 0.15) is 31.9 Å². The molecule has 0 aromatic heterocycles. The third-order valence-corrected chi connectivity index (χ3v) is 3.96. The van der Waals surface area contributed by atoms with E-state index in [1.807, 2.05) is 0 Å². The van der Waals surface area contributed by atoms with E-state index in [0.717, 1.165) is 0 Å². The van der Waals surface area contributed by atoms with E-state index in [-0.39, 0.29) is 0 Å². The summed E-state index contributed by atoms with van der Waals surface area (Å²) in [5.41, 5.74) is 3.27. The lowest BCUT2D eigenvalue weighted by Crippen LogP contribution is -2.49. The van der Waals surface area contributed by atoms with Gasteiger partial charge in [0.1, 0.15) is 0 Å². The number of hydrogen-bond donors (Lipinski definition) is 0. The van der Waals surface area contributed by atoms with E-state index >= 15 is 0 Å². The number of hydrogen-bond acceptors (Lipinski definition) is 2. The summed E-state index contributed by atoms with van der Waals surface area (Å²) in [6, 6.07) is 8.92. The van der Waals surface area contributed by atoms with Gasteiger partial charge in [0.2, 0.25) is 0 Å². The maximum atomic E-state index is 2.61. The van der Waals surface area contributed by atoms with Crippen LogP contribution >= 0.6 is 0 Å². The summed E-state index contributed by atoms with van der Waals surface area (Å²) >= 11 is 0. The summed E-state index contributed by atoms with van der Waals surface area (Å²) in [6.07, 6.45) is 1.18. The van der Waals surface area contributed by atoms with Crippen molar-refractivity contribution in [2.75, 3.05) is 39.3 Å². The topological polar surface area (TPSA) is 6.48 Å². The maximum absolute atomic E-state index is 2.61. The first-order chi connectivity index (χ1) is 9.42. The molecule has 0 bridgehead atoms. The van der Waals surface area contributed by atoms with Gasteiger partial charge in [-0.1, -0.05) is 50.6 Å². The van der Waals surface area contributed by atoms with Gasteiger partial charge >= 0.3 is 0 Å². The molecule has 0 radical (unpaired) electrons. The van der Waals surface area contributed by atoms with Gasteiger partial charge in [0.05, 0.1) is 0 Å². The van der Waals surface area contributed by atoms with E-state index in [1.165, 1.54) is 56.8 Å². The number of benzene rings is 1. The Bertz CT molecular complexity index is 412. The van der Waals surface area contributed by atoms with Crippen LogP contribution in [-0.4, -0.2) is 49.1 Å². The van der Waals surface area contributed by atoms with Crippen LogP contribution in [0.3, 0.4) is 0 Å². The zero-order valence-electron chi connectivity index (χ0n) is 13.7. The third kappa shape index (κ3) is 5.26. The molecule has 1 heterocycles. The van der Waals surface area contributed by atoms with Crippen molar-refractivity contribution >= 4 is 0 Å². The van der Waals surface area contributed by atoms with Crippen LogP contribution in [0, 0.1) is 12.3 Å². The Morgan fingerprint density at radius 2 is 1.65 bits per heavy atom. The van der Waals surface area contributed by atoms with E-state index < -0.39 is 0 Å². The first kappa shape index (κ1) is 15.5. The third-order valence-electron chi connectivity index (χ3n) is 3.96. The average Bonchev–Trinajstić information content (AvgIpc) is 2.36. The fraction of sp³-hybridized carbons (Fsp3) is 0.667. The van der Waals surface area contributed by atoms with Crippen molar-refractivity contribution in [3.8, 4) is 0 Å². The molecule has 0 spiro atoms. The van der Waals surface area contributed by atoms with Gasteiger partial charge in [-0.05, 0) is 24.3 Å². The van der Waals surface area contributed by atoms with Crippen LogP contribution < -0.4 is 0 Å². The minimum atomic E-state index is 0.420. The van der Waals surface area contributed by atoms with Crippen molar-refractivity contribution in [2.24, 2.45) is 5.41 Å². The van der Waals surface area contributed by atoms with Crippen molar-refractivity contribution in [3.05, 3.63) is 35.4 Å². The van der Waals surface area contributed by atoms with Gasteiger partial charge in [0.15, 0.2) is 0 Å². The monoisotopic (exact) mass is 274 g/mol. The first-order valence-electron chi connectivity index (χ1n) is 7.93. The number of piperazine rings is 1. The Balaban J connectivity index is 1.72. The molecule has 112 valence electrons. The molecule has 0 amide bonds. The Hall–Kier alpha value is -0.860. The first-order valence-corrected chi connectivity index (χ1v) is 7.93. The second-order valence-electron chi connectivity index (χ2n) is 7.42. The molecule has 1 aliphatic heterocycles. The zero-order chi connectivity index (χ0) is 14.6. The van der Waals surface area contributed by atoms with Crippen molar-refractivity contribution in [3.63, 3.8) is 0 Å². The Morgan fingerprint density at radius 1 is 1.00 bits per heavy atom. The molecule has 1 saturated heterocycles. The summed E-state index contributed by atoms with van der Waals surface area (Å²) in [5.74, 6) is 0. The van der Waals surface area contributed by atoms with Crippen LogP contribution in [-0.2, 0) is 6.42 Å². The zero-order valence-corrected chi connectivity index (χ0v) is 13.7. The molecule has 2 nitrogen and oxygen atoms in total. The van der Waals surface area contributed by atoms with Crippen molar-refractivity contribution in [2.45, 2.75) is 34.1 Å². The van der Waals surface area contributed by atoms with Gasteiger partial charge in [0.25, 0.3) is 0 Å². The molecule has 0 N–H and O–H groups in total. The molecular formula is C18H30N2.